The summed E-state index contributed by atoms with van der Waals surface area (Å²) >= 11 is 0. The Morgan fingerprint density at radius 2 is 2.04 bits per heavy atom. The number of fused-ring (bicyclic) bond motifs is 1. The van der Waals surface area contributed by atoms with Crippen LogP contribution in [-0.4, -0.2) is 30.3 Å². The Kier molecular flexibility index (Phi) is 4.33. The van der Waals surface area contributed by atoms with Gasteiger partial charge >= 0.3 is 0 Å². The minimum atomic E-state index is -0.706. The molecule has 2 aromatic rings. The molecule has 0 bridgehead atoms. The van der Waals surface area contributed by atoms with Gasteiger partial charge in [0.25, 0.3) is 5.91 Å². The van der Waals surface area contributed by atoms with Gasteiger partial charge in [0, 0.05) is 0 Å². The molecule has 1 aliphatic heterocycles. The van der Waals surface area contributed by atoms with Crippen molar-refractivity contribution in [3.8, 4) is 0 Å². The van der Waals surface area contributed by atoms with E-state index in [1.807, 2.05) is 0 Å². The summed E-state index contributed by atoms with van der Waals surface area (Å²) in [5, 5.41) is 5.33. The van der Waals surface area contributed by atoms with Crippen LogP contribution >= 0.6 is 0 Å². The number of carbonyl (C=O) groups is 3. The number of hydrogen-bond donors (Lipinski definition) is 2. The van der Waals surface area contributed by atoms with Gasteiger partial charge in [0.15, 0.2) is 0 Å². The number of amides is 3. The maximum absolute atomic E-state index is 12.5. The number of carbonyl (C=O) groups excluding carboxylic acids is 3. The Morgan fingerprint density at radius 3 is 2.79 bits per heavy atom. The highest BCUT2D eigenvalue weighted by Gasteiger charge is 2.32. The van der Waals surface area contributed by atoms with E-state index in [1.54, 1.807) is 43.3 Å². The van der Waals surface area contributed by atoms with Gasteiger partial charge in [-0.2, -0.15) is 0 Å². The van der Waals surface area contributed by atoms with E-state index in [2.05, 4.69) is 10.6 Å². The van der Waals surface area contributed by atoms with Crippen molar-refractivity contribution >= 4 is 23.4 Å². The number of furan rings is 1. The highest BCUT2D eigenvalue weighted by atomic mass is 16.3. The highest BCUT2D eigenvalue weighted by molar-refractivity contribution is 6.12. The van der Waals surface area contributed by atoms with Gasteiger partial charge in [0.05, 0.1) is 24.1 Å². The van der Waals surface area contributed by atoms with E-state index < -0.39 is 6.04 Å². The van der Waals surface area contributed by atoms with E-state index in [-0.39, 0.29) is 30.8 Å². The molecule has 0 saturated heterocycles. The summed E-state index contributed by atoms with van der Waals surface area (Å²) in [6, 6.07) is 9.50. The average Bonchev–Trinajstić information content (AvgIpc) is 3.08. The molecule has 3 rings (SSSR count). The minimum Gasteiger partial charge on any atom is -0.467 e. The molecule has 24 heavy (non-hydrogen) atoms. The Morgan fingerprint density at radius 1 is 1.25 bits per heavy atom. The molecule has 2 heterocycles. The number of nitrogens with one attached hydrogen (secondary N) is 2. The maximum Gasteiger partial charge on any atom is 0.254 e. The lowest BCUT2D eigenvalue weighted by Gasteiger charge is -2.23. The number of anilines is 1. The Balaban J connectivity index is 1.79. The van der Waals surface area contributed by atoms with E-state index in [0.29, 0.717) is 17.0 Å². The Bertz CT molecular complexity index is 770. The zero-order valence-electron chi connectivity index (χ0n) is 13.1. The number of nitrogens with zero attached hydrogens (tertiary/aromatic N) is 1. The lowest BCUT2D eigenvalue weighted by Crippen LogP contribution is -2.47. The summed E-state index contributed by atoms with van der Waals surface area (Å²) in [7, 11) is 0. The van der Waals surface area contributed by atoms with E-state index in [4.69, 9.17) is 4.42 Å². The lowest BCUT2D eigenvalue weighted by molar-refractivity contribution is -0.124. The lowest BCUT2D eigenvalue weighted by atomic mass is 10.1. The first kappa shape index (κ1) is 15.8. The first-order valence-electron chi connectivity index (χ1n) is 7.56. The summed E-state index contributed by atoms with van der Waals surface area (Å²) in [4.78, 5) is 38.2. The second kappa shape index (κ2) is 6.57. The first-order valence-corrected chi connectivity index (χ1v) is 7.56. The van der Waals surface area contributed by atoms with Gasteiger partial charge in [-0.15, -0.1) is 0 Å². The quantitative estimate of drug-likeness (QED) is 0.878. The standard InChI is InChI=1S/C17H17N3O4/c1-11-17(23)20(10-15(21)18-9-12-5-4-8-24-12)14-7-3-2-6-13(14)16(22)19-11/h2-8,11H,9-10H2,1H3,(H,18,21)(H,19,22)/t11-/m1/s1. The van der Waals surface area contributed by atoms with Gasteiger partial charge < -0.3 is 20.0 Å². The molecule has 0 fully saturated rings. The zero-order chi connectivity index (χ0) is 17.1. The van der Waals surface area contributed by atoms with E-state index in [9.17, 15) is 14.4 Å². The van der Waals surface area contributed by atoms with Crippen LogP contribution in [-0.2, 0) is 16.1 Å². The van der Waals surface area contributed by atoms with Crippen molar-refractivity contribution in [3.63, 3.8) is 0 Å². The van der Waals surface area contributed by atoms with Crippen LogP contribution < -0.4 is 15.5 Å². The largest absolute Gasteiger partial charge is 0.467 e. The van der Waals surface area contributed by atoms with Gasteiger partial charge in [-0.1, -0.05) is 12.1 Å². The second-order valence-electron chi connectivity index (χ2n) is 5.49. The molecule has 1 aromatic heterocycles. The van der Waals surface area contributed by atoms with Crippen LogP contribution in [0.25, 0.3) is 0 Å². The molecule has 0 saturated carbocycles. The molecule has 0 unspecified atom stereocenters. The molecular formula is C17H17N3O4. The van der Waals surface area contributed by atoms with E-state index in [0.717, 1.165) is 0 Å². The van der Waals surface area contributed by atoms with E-state index >= 15 is 0 Å². The van der Waals surface area contributed by atoms with Crippen LogP contribution in [0.4, 0.5) is 5.69 Å². The predicted molar refractivity (Wildman–Crippen MR) is 86.3 cm³/mol. The minimum absolute atomic E-state index is 0.171. The third kappa shape index (κ3) is 3.15. The number of para-hydroxylation sites is 1. The van der Waals surface area contributed by atoms with E-state index in [1.165, 1.54) is 11.2 Å². The molecule has 7 heteroatoms. The smallest absolute Gasteiger partial charge is 0.254 e. The third-order valence-corrected chi connectivity index (χ3v) is 3.77. The van der Waals surface area contributed by atoms with Crippen molar-refractivity contribution in [3.05, 3.63) is 54.0 Å². The highest BCUT2D eigenvalue weighted by Crippen LogP contribution is 2.23. The molecule has 0 aliphatic carbocycles. The van der Waals surface area contributed by atoms with Crippen LogP contribution in [0.2, 0.25) is 0 Å². The molecule has 1 atom stereocenters. The van der Waals surface area contributed by atoms with Crippen molar-refractivity contribution < 1.29 is 18.8 Å². The van der Waals surface area contributed by atoms with Gasteiger partial charge in [0.2, 0.25) is 11.8 Å². The summed E-state index contributed by atoms with van der Waals surface area (Å²) < 4.78 is 5.15. The monoisotopic (exact) mass is 327 g/mol. The average molecular weight is 327 g/mol. The van der Waals surface area contributed by atoms with Crippen molar-refractivity contribution in [1.82, 2.24) is 10.6 Å². The van der Waals surface area contributed by atoms with Crippen molar-refractivity contribution in [2.45, 2.75) is 19.5 Å². The molecule has 3 amide bonds. The van der Waals surface area contributed by atoms with Crippen LogP contribution in [0.1, 0.15) is 23.0 Å². The normalized spacial score (nSPS) is 17.0. The van der Waals surface area contributed by atoms with Crippen LogP contribution in [0, 0.1) is 0 Å². The topological polar surface area (TPSA) is 91.7 Å². The molecule has 1 aliphatic rings. The Labute approximate surface area is 138 Å². The summed E-state index contributed by atoms with van der Waals surface area (Å²) in [6.07, 6.45) is 1.52. The van der Waals surface area contributed by atoms with Crippen LogP contribution in [0.5, 0.6) is 0 Å². The van der Waals surface area contributed by atoms with Crippen molar-refractivity contribution in [1.29, 1.82) is 0 Å². The second-order valence-corrected chi connectivity index (χ2v) is 5.49. The molecule has 0 spiro atoms. The van der Waals surface area contributed by atoms with Gasteiger partial charge in [-0.3, -0.25) is 14.4 Å². The van der Waals surface area contributed by atoms with Gasteiger partial charge in [-0.05, 0) is 31.2 Å². The third-order valence-electron chi connectivity index (χ3n) is 3.77. The Hall–Kier alpha value is -3.09. The first-order chi connectivity index (χ1) is 11.6. The molecule has 124 valence electrons. The van der Waals surface area contributed by atoms with Crippen molar-refractivity contribution in [2.75, 3.05) is 11.4 Å². The molecule has 0 radical (unpaired) electrons. The maximum atomic E-state index is 12.5. The van der Waals surface area contributed by atoms with Crippen LogP contribution in [0.15, 0.2) is 47.1 Å². The fraction of sp³-hybridized carbons (Fsp3) is 0.235. The fourth-order valence-electron chi connectivity index (χ4n) is 2.55. The molecule has 1 aromatic carbocycles. The predicted octanol–water partition coefficient (Wildman–Crippen LogP) is 1.06. The van der Waals surface area contributed by atoms with Crippen LogP contribution in [0.3, 0.4) is 0 Å². The molecule has 2 N–H and O–H groups in total. The summed E-state index contributed by atoms with van der Waals surface area (Å²) in [5.41, 5.74) is 0.798. The summed E-state index contributed by atoms with van der Waals surface area (Å²) in [6.45, 7) is 1.66. The molecule has 7 nitrogen and oxygen atoms in total. The zero-order valence-corrected chi connectivity index (χ0v) is 13.1. The summed E-state index contributed by atoms with van der Waals surface area (Å²) in [5.74, 6) is -0.376. The SMILES string of the molecule is C[C@H]1NC(=O)c2ccccc2N(CC(=O)NCc2ccco2)C1=O. The van der Waals surface area contributed by atoms with Crippen molar-refractivity contribution in [2.24, 2.45) is 0 Å². The number of hydrogen-bond acceptors (Lipinski definition) is 4. The molecular weight excluding hydrogens is 310 g/mol. The number of rotatable bonds is 4. The van der Waals surface area contributed by atoms with Gasteiger partial charge in [-0.25, -0.2) is 0 Å². The number of benzene rings is 1. The van der Waals surface area contributed by atoms with Gasteiger partial charge in [0.1, 0.15) is 18.3 Å². The fourth-order valence-corrected chi connectivity index (χ4v) is 2.55.